The molecule has 0 saturated heterocycles. The van der Waals surface area contributed by atoms with E-state index in [1.807, 2.05) is 18.2 Å². The van der Waals surface area contributed by atoms with E-state index in [2.05, 4.69) is 22.5 Å². The van der Waals surface area contributed by atoms with Crippen LogP contribution in [0.1, 0.15) is 19.3 Å². The second-order valence-electron chi connectivity index (χ2n) is 3.76. The summed E-state index contributed by atoms with van der Waals surface area (Å²) in [7, 11) is 1.61. The number of halogens is 1. The Hall–Kier alpha value is -1.29. The van der Waals surface area contributed by atoms with E-state index in [0.717, 1.165) is 16.6 Å². The third kappa shape index (κ3) is 4.92. The predicted molar refractivity (Wildman–Crippen MR) is 75.2 cm³/mol. The Bertz CT molecular complexity index is 416. The highest BCUT2D eigenvalue weighted by Gasteiger charge is 2.05. The van der Waals surface area contributed by atoms with Crippen molar-refractivity contribution >= 4 is 21.7 Å². The van der Waals surface area contributed by atoms with Gasteiger partial charge in [-0.1, -0.05) is 6.08 Å². The molecule has 0 N–H and O–H groups in total. The second kappa shape index (κ2) is 7.93. The smallest absolute Gasteiger partial charge is 0.136 e. The minimum atomic E-state index is 0.194. The number of methoxy groups -OCH3 is 1. The molecule has 0 unspecified atom stereocenters. The van der Waals surface area contributed by atoms with Crippen molar-refractivity contribution in [1.82, 2.24) is 0 Å². The van der Waals surface area contributed by atoms with E-state index < -0.39 is 0 Å². The van der Waals surface area contributed by atoms with Crippen molar-refractivity contribution in [2.75, 3.05) is 13.7 Å². The van der Waals surface area contributed by atoms with E-state index in [0.29, 0.717) is 25.2 Å². The Balaban J connectivity index is 2.39. The molecule has 3 nitrogen and oxygen atoms in total. The number of allylic oxidation sites excluding steroid dienone is 1. The molecule has 0 aliphatic heterocycles. The van der Waals surface area contributed by atoms with Crippen LogP contribution in [-0.4, -0.2) is 19.5 Å². The van der Waals surface area contributed by atoms with Gasteiger partial charge in [-0.05, 0) is 40.5 Å². The molecular formula is C14H17BrO3. The third-order valence-corrected chi connectivity index (χ3v) is 3.02. The number of hydrogen-bond donors (Lipinski definition) is 0. The van der Waals surface area contributed by atoms with E-state index in [1.165, 1.54) is 0 Å². The maximum Gasteiger partial charge on any atom is 0.136 e. The van der Waals surface area contributed by atoms with Crippen LogP contribution in [-0.2, 0) is 4.79 Å². The van der Waals surface area contributed by atoms with Crippen LogP contribution in [0, 0.1) is 0 Å². The number of hydrogen-bond acceptors (Lipinski definition) is 3. The summed E-state index contributed by atoms with van der Waals surface area (Å²) in [4.78, 5) is 11.4. The van der Waals surface area contributed by atoms with Crippen molar-refractivity contribution in [3.8, 4) is 11.5 Å². The normalized spacial score (nSPS) is 9.89. The average Bonchev–Trinajstić information content (AvgIpc) is 2.38. The molecule has 1 aromatic carbocycles. The lowest BCUT2D eigenvalue weighted by molar-refractivity contribution is -0.119. The molecule has 0 aromatic heterocycles. The van der Waals surface area contributed by atoms with E-state index in [4.69, 9.17) is 9.47 Å². The molecule has 1 rings (SSSR count). The standard InChI is InChI=1S/C14H17BrO3/c1-3-4-5-11(16)8-9-18-14-7-6-12(17-2)10-13(14)15/h3,6-7,10H,1,4-5,8-9H2,2H3. The molecule has 4 heteroatoms. The summed E-state index contributed by atoms with van der Waals surface area (Å²) in [5.41, 5.74) is 0. The van der Waals surface area contributed by atoms with Gasteiger partial charge in [-0.3, -0.25) is 4.79 Å². The van der Waals surface area contributed by atoms with Gasteiger partial charge in [0.25, 0.3) is 0 Å². The molecule has 18 heavy (non-hydrogen) atoms. The van der Waals surface area contributed by atoms with Gasteiger partial charge >= 0.3 is 0 Å². The van der Waals surface area contributed by atoms with Gasteiger partial charge in [0.05, 0.1) is 18.2 Å². The summed E-state index contributed by atoms with van der Waals surface area (Å²) in [6.07, 6.45) is 3.44. The number of ketones is 1. The van der Waals surface area contributed by atoms with Crippen LogP contribution in [0.5, 0.6) is 11.5 Å². The van der Waals surface area contributed by atoms with Crippen molar-refractivity contribution in [2.45, 2.75) is 19.3 Å². The largest absolute Gasteiger partial charge is 0.497 e. The van der Waals surface area contributed by atoms with Gasteiger partial charge in [-0.25, -0.2) is 0 Å². The van der Waals surface area contributed by atoms with Crippen LogP contribution in [0.2, 0.25) is 0 Å². The number of rotatable bonds is 8. The fraction of sp³-hybridized carbons (Fsp3) is 0.357. The van der Waals surface area contributed by atoms with Gasteiger partial charge < -0.3 is 9.47 Å². The minimum absolute atomic E-state index is 0.194. The van der Waals surface area contributed by atoms with E-state index in [1.54, 1.807) is 13.2 Å². The Labute approximate surface area is 116 Å². The van der Waals surface area contributed by atoms with Crippen molar-refractivity contribution in [3.05, 3.63) is 35.3 Å². The van der Waals surface area contributed by atoms with Crippen LogP contribution >= 0.6 is 15.9 Å². The molecule has 0 radical (unpaired) electrons. The number of ether oxygens (including phenoxy) is 2. The quantitative estimate of drug-likeness (QED) is 0.686. The van der Waals surface area contributed by atoms with Crippen LogP contribution in [0.3, 0.4) is 0 Å². The zero-order valence-corrected chi connectivity index (χ0v) is 12.0. The van der Waals surface area contributed by atoms with Crippen molar-refractivity contribution in [3.63, 3.8) is 0 Å². The molecule has 0 bridgehead atoms. The van der Waals surface area contributed by atoms with Crippen LogP contribution in [0.25, 0.3) is 0 Å². The fourth-order valence-corrected chi connectivity index (χ4v) is 1.86. The molecule has 0 aliphatic rings. The zero-order chi connectivity index (χ0) is 13.4. The van der Waals surface area contributed by atoms with E-state index in [9.17, 15) is 4.79 Å². The average molecular weight is 313 g/mol. The number of carbonyl (C=O) groups is 1. The first kappa shape index (κ1) is 14.8. The van der Waals surface area contributed by atoms with Gasteiger partial charge in [0, 0.05) is 12.8 Å². The van der Waals surface area contributed by atoms with Gasteiger partial charge in [0.2, 0.25) is 0 Å². The molecular weight excluding hydrogens is 296 g/mol. The number of carbonyl (C=O) groups excluding carboxylic acids is 1. The molecule has 0 spiro atoms. The maximum absolute atomic E-state index is 11.4. The fourth-order valence-electron chi connectivity index (χ4n) is 1.39. The molecule has 0 saturated carbocycles. The van der Waals surface area contributed by atoms with Gasteiger partial charge in [-0.2, -0.15) is 0 Å². The minimum Gasteiger partial charge on any atom is -0.497 e. The highest BCUT2D eigenvalue weighted by atomic mass is 79.9. The van der Waals surface area contributed by atoms with Crippen molar-refractivity contribution in [1.29, 1.82) is 0 Å². The Morgan fingerprint density at radius 2 is 2.22 bits per heavy atom. The van der Waals surface area contributed by atoms with Gasteiger partial charge in [0.1, 0.15) is 17.3 Å². The second-order valence-corrected chi connectivity index (χ2v) is 4.62. The highest BCUT2D eigenvalue weighted by Crippen LogP contribution is 2.29. The molecule has 0 heterocycles. The lowest BCUT2D eigenvalue weighted by Crippen LogP contribution is -2.06. The molecule has 0 atom stereocenters. The zero-order valence-electron chi connectivity index (χ0n) is 10.4. The summed E-state index contributed by atoms with van der Waals surface area (Å²) in [6.45, 7) is 3.98. The SMILES string of the molecule is C=CCCC(=O)CCOc1ccc(OC)cc1Br. The lowest BCUT2D eigenvalue weighted by atomic mass is 10.2. The van der Waals surface area contributed by atoms with Crippen molar-refractivity contribution < 1.29 is 14.3 Å². The predicted octanol–water partition coefficient (Wildman–Crippen LogP) is 3.76. The van der Waals surface area contributed by atoms with Gasteiger partial charge in [-0.15, -0.1) is 6.58 Å². The van der Waals surface area contributed by atoms with E-state index in [-0.39, 0.29) is 5.78 Å². The molecule has 0 amide bonds. The van der Waals surface area contributed by atoms with Crippen LogP contribution < -0.4 is 9.47 Å². The highest BCUT2D eigenvalue weighted by molar-refractivity contribution is 9.10. The lowest BCUT2D eigenvalue weighted by Gasteiger charge is -2.09. The maximum atomic E-state index is 11.4. The molecule has 1 aromatic rings. The Morgan fingerprint density at radius 1 is 1.44 bits per heavy atom. The van der Waals surface area contributed by atoms with Crippen molar-refractivity contribution in [2.24, 2.45) is 0 Å². The summed E-state index contributed by atoms with van der Waals surface area (Å²) < 4.78 is 11.4. The first-order valence-electron chi connectivity index (χ1n) is 5.76. The molecule has 0 fully saturated rings. The summed E-state index contributed by atoms with van der Waals surface area (Å²) in [5.74, 6) is 1.67. The summed E-state index contributed by atoms with van der Waals surface area (Å²) >= 11 is 3.39. The first-order chi connectivity index (χ1) is 8.67. The van der Waals surface area contributed by atoms with Crippen LogP contribution in [0.4, 0.5) is 0 Å². The topological polar surface area (TPSA) is 35.5 Å². The summed E-state index contributed by atoms with van der Waals surface area (Å²) in [6, 6.07) is 5.46. The summed E-state index contributed by atoms with van der Waals surface area (Å²) in [5, 5.41) is 0. The van der Waals surface area contributed by atoms with E-state index >= 15 is 0 Å². The van der Waals surface area contributed by atoms with Gasteiger partial charge in [0.15, 0.2) is 0 Å². The molecule has 0 aliphatic carbocycles. The Morgan fingerprint density at radius 3 is 2.83 bits per heavy atom. The monoisotopic (exact) mass is 312 g/mol. The third-order valence-electron chi connectivity index (χ3n) is 2.40. The Kier molecular flexibility index (Phi) is 6.50. The first-order valence-corrected chi connectivity index (χ1v) is 6.55. The molecule has 98 valence electrons. The number of Topliss-reactive ketones (excluding diaryl/α,β-unsaturated/α-hetero) is 1. The van der Waals surface area contributed by atoms with Crippen LogP contribution in [0.15, 0.2) is 35.3 Å². The number of benzene rings is 1.